The van der Waals surface area contributed by atoms with Crippen molar-refractivity contribution in [3.63, 3.8) is 0 Å². The Balaban J connectivity index is 2.02. The third kappa shape index (κ3) is 1.23. The molecule has 0 spiro atoms. The van der Waals surface area contributed by atoms with Gasteiger partial charge in [-0.15, -0.1) is 0 Å². The monoisotopic (exact) mass is 250 g/mol. The lowest BCUT2D eigenvalue weighted by Crippen LogP contribution is -2.40. The number of nitrogens with zero attached hydrogens (tertiary/aromatic N) is 1. The van der Waals surface area contributed by atoms with Crippen molar-refractivity contribution in [3.8, 4) is 0 Å². The van der Waals surface area contributed by atoms with Gasteiger partial charge in [0.15, 0.2) is 5.72 Å². The molecule has 2 aliphatic heterocycles. The van der Waals surface area contributed by atoms with E-state index in [-0.39, 0.29) is 0 Å². The van der Waals surface area contributed by atoms with Crippen molar-refractivity contribution in [3.05, 3.63) is 71.3 Å². The first-order valence-electron chi connectivity index (χ1n) is 6.49. The molecule has 1 atom stereocenters. The quantitative estimate of drug-likeness (QED) is 0.844. The molecule has 1 saturated heterocycles. The summed E-state index contributed by atoms with van der Waals surface area (Å²) in [6.07, 6.45) is 0. The molecule has 0 radical (unpaired) electrons. The molecule has 2 heterocycles. The molecule has 3 nitrogen and oxygen atoms in total. The molecule has 94 valence electrons. The molecular weight excluding hydrogens is 236 g/mol. The fraction of sp³-hybridized carbons (Fsp3) is 0.188. The van der Waals surface area contributed by atoms with Crippen LogP contribution in [0.5, 0.6) is 0 Å². The van der Waals surface area contributed by atoms with Crippen molar-refractivity contribution >= 4 is 5.84 Å². The summed E-state index contributed by atoms with van der Waals surface area (Å²) in [7, 11) is 0. The second kappa shape index (κ2) is 3.68. The van der Waals surface area contributed by atoms with Crippen molar-refractivity contribution < 1.29 is 4.74 Å². The summed E-state index contributed by atoms with van der Waals surface area (Å²) >= 11 is 0. The van der Waals surface area contributed by atoms with Crippen LogP contribution in [0.15, 0.2) is 54.6 Å². The zero-order chi connectivity index (χ0) is 12.9. The lowest BCUT2D eigenvalue weighted by molar-refractivity contribution is -0.0164. The van der Waals surface area contributed by atoms with Gasteiger partial charge in [0, 0.05) is 23.2 Å². The Hall–Kier alpha value is -2.13. The van der Waals surface area contributed by atoms with E-state index >= 15 is 0 Å². The van der Waals surface area contributed by atoms with E-state index in [9.17, 15) is 0 Å². The molecule has 2 aromatic carbocycles. The van der Waals surface area contributed by atoms with Crippen LogP contribution >= 0.6 is 0 Å². The van der Waals surface area contributed by atoms with Crippen LogP contribution in [0.1, 0.15) is 16.7 Å². The van der Waals surface area contributed by atoms with Gasteiger partial charge in [-0.25, -0.2) is 0 Å². The highest BCUT2D eigenvalue weighted by Crippen LogP contribution is 2.47. The second-order valence-electron chi connectivity index (χ2n) is 4.90. The summed E-state index contributed by atoms with van der Waals surface area (Å²) in [5.74, 6) is 0.567. The number of rotatable bonds is 1. The summed E-state index contributed by atoms with van der Waals surface area (Å²) in [6.45, 7) is 1.42. The Labute approximate surface area is 111 Å². The molecular formula is C16H14N2O. The van der Waals surface area contributed by atoms with E-state index in [1.165, 1.54) is 0 Å². The maximum absolute atomic E-state index is 8.38. The van der Waals surface area contributed by atoms with E-state index in [1.807, 2.05) is 36.4 Å². The summed E-state index contributed by atoms with van der Waals surface area (Å²) in [6, 6.07) is 18.3. The number of hydrogen-bond donors (Lipinski definition) is 1. The van der Waals surface area contributed by atoms with Crippen LogP contribution in [0, 0.1) is 5.41 Å². The Morgan fingerprint density at radius 2 is 1.74 bits per heavy atom. The maximum Gasteiger partial charge on any atom is 0.195 e. The Morgan fingerprint density at radius 3 is 2.58 bits per heavy atom. The van der Waals surface area contributed by atoms with E-state index in [0.717, 1.165) is 23.2 Å². The standard InChI is InChI=1S/C16H14N2O/c17-15-13-8-4-5-9-14(13)16(18(15)10-11-19-16)12-6-2-1-3-7-12/h1-9,17H,10-11H2. The van der Waals surface area contributed by atoms with Crippen molar-refractivity contribution in [2.24, 2.45) is 0 Å². The van der Waals surface area contributed by atoms with Gasteiger partial charge in [-0.2, -0.15) is 0 Å². The number of hydrogen-bond acceptors (Lipinski definition) is 2. The first-order valence-corrected chi connectivity index (χ1v) is 6.49. The van der Waals surface area contributed by atoms with Crippen molar-refractivity contribution in [1.29, 1.82) is 5.41 Å². The smallest absolute Gasteiger partial charge is 0.195 e. The highest BCUT2D eigenvalue weighted by molar-refractivity contribution is 6.02. The van der Waals surface area contributed by atoms with Gasteiger partial charge in [0.05, 0.1) is 6.61 Å². The average molecular weight is 250 g/mol. The minimum Gasteiger partial charge on any atom is -0.345 e. The average Bonchev–Trinajstić information content (AvgIpc) is 3.01. The van der Waals surface area contributed by atoms with Gasteiger partial charge in [-0.3, -0.25) is 5.41 Å². The van der Waals surface area contributed by atoms with Crippen molar-refractivity contribution in [2.75, 3.05) is 13.2 Å². The van der Waals surface area contributed by atoms with Gasteiger partial charge >= 0.3 is 0 Å². The van der Waals surface area contributed by atoms with Crippen LogP contribution in [0.2, 0.25) is 0 Å². The molecule has 3 heteroatoms. The van der Waals surface area contributed by atoms with E-state index < -0.39 is 5.72 Å². The molecule has 1 fully saturated rings. The van der Waals surface area contributed by atoms with Gasteiger partial charge in [0.1, 0.15) is 5.84 Å². The SMILES string of the molecule is N=C1c2ccccc2C2(c3ccccc3)OCCN12. The number of fused-ring (bicyclic) bond motifs is 3. The Kier molecular flexibility index (Phi) is 2.09. The lowest BCUT2D eigenvalue weighted by Gasteiger charge is -2.32. The van der Waals surface area contributed by atoms with Gasteiger partial charge in [-0.05, 0) is 0 Å². The number of amidine groups is 1. The molecule has 2 aliphatic rings. The number of benzene rings is 2. The fourth-order valence-electron chi connectivity index (χ4n) is 3.20. The molecule has 4 rings (SSSR count). The van der Waals surface area contributed by atoms with Gasteiger partial charge in [-0.1, -0.05) is 54.6 Å². The molecule has 0 amide bonds. The summed E-state index contributed by atoms with van der Waals surface area (Å²) in [4.78, 5) is 2.06. The topological polar surface area (TPSA) is 36.3 Å². The van der Waals surface area contributed by atoms with Crippen molar-refractivity contribution in [1.82, 2.24) is 4.90 Å². The highest BCUT2D eigenvalue weighted by atomic mass is 16.5. The molecule has 0 aliphatic carbocycles. The zero-order valence-electron chi connectivity index (χ0n) is 10.5. The molecule has 0 aromatic heterocycles. The maximum atomic E-state index is 8.38. The molecule has 2 aromatic rings. The van der Waals surface area contributed by atoms with Gasteiger partial charge in [0.25, 0.3) is 0 Å². The van der Waals surface area contributed by atoms with E-state index in [1.54, 1.807) is 0 Å². The molecule has 1 unspecified atom stereocenters. The highest BCUT2D eigenvalue weighted by Gasteiger charge is 2.53. The zero-order valence-corrected chi connectivity index (χ0v) is 10.5. The summed E-state index contributed by atoms with van der Waals surface area (Å²) in [5.41, 5.74) is 2.58. The first-order chi connectivity index (χ1) is 9.34. The minimum absolute atomic E-state index is 0.567. The predicted octanol–water partition coefficient (Wildman–Crippen LogP) is 2.56. The first kappa shape index (κ1) is 10.8. The van der Waals surface area contributed by atoms with Crippen molar-refractivity contribution in [2.45, 2.75) is 5.72 Å². The van der Waals surface area contributed by atoms with Crippen LogP contribution in [0.25, 0.3) is 0 Å². The second-order valence-corrected chi connectivity index (χ2v) is 4.90. The van der Waals surface area contributed by atoms with Gasteiger partial charge < -0.3 is 9.64 Å². The summed E-state index contributed by atoms with van der Waals surface area (Å²) in [5, 5.41) is 8.38. The molecule has 1 N–H and O–H groups in total. The van der Waals surface area contributed by atoms with E-state index in [0.29, 0.717) is 12.4 Å². The lowest BCUT2D eigenvalue weighted by atomic mass is 9.94. The number of nitrogens with one attached hydrogen (secondary N) is 1. The largest absolute Gasteiger partial charge is 0.345 e. The Bertz CT molecular complexity index is 653. The van der Waals surface area contributed by atoms with Crippen LogP contribution in [-0.4, -0.2) is 23.9 Å². The van der Waals surface area contributed by atoms with Crippen LogP contribution in [0.4, 0.5) is 0 Å². The molecule has 0 bridgehead atoms. The molecule has 19 heavy (non-hydrogen) atoms. The van der Waals surface area contributed by atoms with Crippen LogP contribution in [0.3, 0.4) is 0 Å². The normalized spacial score (nSPS) is 24.4. The van der Waals surface area contributed by atoms with Crippen LogP contribution in [-0.2, 0) is 10.5 Å². The minimum atomic E-state index is -0.588. The summed E-state index contributed by atoms with van der Waals surface area (Å²) < 4.78 is 6.13. The third-order valence-electron chi connectivity index (χ3n) is 3.99. The van der Waals surface area contributed by atoms with Crippen LogP contribution < -0.4 is 0 Å². The fourth-order valence-corrected chi connectivity index (χ4v) is 3.20. The number of ether oxygens (including phenoxy) is 1. The van der Waals surface area contributed by atoms with E-state index in [4.69, 9.17) is 10.1 Å². The third-order valence-corrected chi connectivity index (χ3v) is 3.99. The Morgan fingerprint density at radius 1 is 1.00 bits per heavy atom. The molecule has 0 saturated carbocycles. The van der Waals surface area contributed by atoms with E-state index in [2.05, 4.69) is 23.1 Å². The predicted molar refractivity (Wildman–Crippen MR) is 73.2 cm³/mol. The van der Waals surface area contributed by atoms with Gasteiger partial charge in [0.2, 0.25) is 0 Å².